The van der Waals surface area contributed by atoms with Crippen molar-refractivity contribution >= 4 is 56.6 Å². The van der Waals surface area contributed by atoms with Crippen LogP contribution in [0.2, 0.25) is 15.1 Å². The topological polar surface area (TPSA) is 70.0 Å². The third-order valence-electron chi connectivity index (χ3n) is 2.80. The Bertz CT molecular complexity index is 952. The maximum Gasteiger partial charge on any atom is 0.272 e. The fourth-order valence-corrected chi connectivity index (χ4v) is 3.35. The van der Waals surface area contributed by atoms with Gasteiger partial charge < -0.3 is 0 Å². The number of nitrogens with zero attached hydrogens (tertiary/aromatic N) is 1. The predicted molar refractivity (Wildman–Crippen MR) is 94.0 cm³/mol. The van der Waals surface area contributed by atoms with Crippen molar-refractivity contribution in [2.45, 2.75) is 0 Å². The number of hydrogen-bond donors (Lipinski definition) is 1. The van der Waals surface area contributed by atoms with Crippen molar-refractivity contribution in [3.8, 4) is 6.07 Å². The molecule has 2 rings (SSSR count). The third-order valence-corrected chi connectivity index (χ3v) is 5.13. The monoisotopic (exact) mass is 404 g/mol. The Labute approximate surface area is 153 Å². The van der Waals surface area contributed by atoms with Gasteiger partial charge in [-0.3, -0.25) is 4.72 Å². The normalized spacial score (nSPS) is 11.9. The summed E-state index contributed by atoms with van der Waals surface area (Å²) in [7, 11) is -4.20. The van der Waals surface area contributed by atoms with Gasteiger partial charge in [0.05, 0.1) is 10.0 Å². The van der Waals surface area contributed by atoms with E-state index in [-0.39, 0.29) is 26.3 Å². The van der Waals surface area contributed by atoms with Crippen molar-refractivity contribution in [2.24, 2.45) is 0 Å². The summed E-state index contributed by atoms with van der Waals surface area (Å²) < 4.78 is 39.6. The van der Waals surface area contributed by atoms with E-state index < -0.39 is 20.7 Å². The minimum Gasteiger partial charge on any atom is -0.279 e. The van der Waals surface area contributed by atoms with Crippen LogP contribution in [0.5, 0.6) is 0 Å². The molecule has 0 saturated carbocycles. The van der Waals surface area contributed by atoms with Crippen molar-refractivity contribution in [3.05, 3.63) is 67.8 Å². The summed E-state index contributed by atoms with van der Waals surface area (Å²) >= 11 is 17.7. The van der Waals surface area contributed by atoms with Gasteiger partial charge in [-0.05, 0) is 48.0 Å². The molecule has 0 aliphatic heterocycles. The Morgan fingerprint density at radius 2 is 1.79 bits per heavy atom. The molecule has 0 bridgehead atoms. The Morgan fingerprint density at radius 3 is 2.38 bits per heavy atom. The third kappa shape index (κ3) is 4.40. The van der Waals surface area contributed by atoms with Crippen LogP contribution in [-0.4, -0.2) is 8.42 Å². The Balaban J connectivity index is 2.43. The number of sulfonamides is 1. The lowest BCUT2D eigenvalue weighted by Crippen LogP contribution is -2.14. The molecule has 0 fully saturated rings. The van der Waals surface area contributed by atoms with Gasteiger partial charge in [0.2, 0.25) is 0 Å². The molecule has 0 saturated heterocycles. The average molecular weight is 406 g/mol. The van der Waals surface area contributed by atoms with E-state index in [2.05, 4.69) is 4.72 Å². The van der Waals surface area contributed by atoms with Gasteiger partial charge in [0.1, 0.15) is 11.9 Å². The van der Waals surface area contributed by atoms with Crippen LogP contribution >= 0.6 is 34.8 Å². The number of hydrogen-bond acceptors (Lipinski definition) is 3. The highest BCUT2D eigenvalue weighted by Crippen LogP contribution is 2.31. The predicted octanol–water partition coefficient (Wildman–Crippen LogP) is 5.09. The summed E-state index contributed by atoms with van der Waals surface area (Å²) in [5.41, 5.74) is 0.281. The maximum atomic E-state index is 12.9. The second-order valence-electron chi connectivity index (χ2n) is 4.52. The highest BCUT2D eigenvalue weighted by atomic mass is 35.5. The zero-order valence-corrected chi connectivity index (χ0v) is 14.8. The molecule has 2 aromatic carbocycles. The standard InChI is InChI=1S/C15H8Cl3FN2O2S/c16-10-5-9(15(18)14(17)7-10)6-13(8-20)24(22,23)21-12-3-1-11(19)2-4-12/h1-7,21H/b13-6+. The first-order valence-corrected chi connectivity index (χ1v) is 8.89. The van der Waals surface area contributed by atoms with E-state index in [9.17, 15) is 12.8 Å². The van der Waals surface area contributed by atoms with Crippen molar-refractivity contribution in [1.82, 2.24) is 0 Å². The van der Waals surface area contributed by atoms with Crippen molar-refractivity contribution in [2.75, 3.05) is 4.72 Å². The zero-order chi connectivity index (χ0) is 17.9. The number of benzene rings is 2. The number of rotatable bonds is 4. The Kier molecular flexibility index (Phi) is 5.73. The summed E-state index contributed by atoms with van der Waals surface area (Å²) in [6.45, 7) is 0. The van der Waals surface area contributed by atoms with Crippen LogP contribution in [0.15, 0.2) is 41.3 Å². The molecule has 0 aliphatic rings. The van der Waals surface area contributed by atoms with Crippen molar-refractivity contribution in [1.29, 1.82) is 5.26 Å². The Hall–Kier alpha value is -1.78. The lowest BCUT2D eigenvalue weighted by molar-refractivity contribution is 0.608. The lowest BCUT2D eigenvalue weighted by Gasteiger charge is -2.08. The van der Waals surface area contributed by atoms with Crippen LogP contribution in [0.25, 0.3) is 6.08 Å². The summed E-state index contributed by atoms with van der Waals surface area (Å²) in [5, 5.41) is 9.58. The first-order valence-electron chi connectivity index (χ1n) is 6.27. The molecule has 0 aliphatic carbocycles. The summed E-state index contributed by atoms with van der Waals surface area (Å²) in [6.07, 6.45) is 1.05. The van der Waals surface area contributed by atoms with E-state index in [4.69, 9.17) is 40.1 Å². The molecule has 4 nitrogen and oxygen atoms in total. The molecule has 124 valence electrons. The molecule has 0 atom stereocenters. The van der Waals surface area contributed by atoms with Crippen LogP contribution in [0, 0.1) is 17.1 Å². The molecule has 0 aromatic heterocycles. The molecule has 0 amide bonds. The highest BCUT2D eigenvalue weighted by molar-refractivity contribution is 7.96. The van der Waals surface area contributed by atoms with E-state index >= 15 is 0 Å². The molecule has 1 N–H and O–H groups in total. The second kappa shape index (κ2) is 7.41. The summed E-state index contributed by atoms with van der Waals surface area (Å²) in [6, 6.07) is 8.97. The molecular weight excluding hydrogens is 398 g/mol. The second-order valence-corrected chi connectivity index (χ2v) is 7.40. The maximum absolute atomic E-state index is 12.9. The minimum absolute atomic E-state index is 0.0609. The van der Waals surface area contributed by atoms with E-state index in [1.54, 1.807) is 6.07 Å². The van der Waals surface area contributed by atoms with Gasteiger partial charge in [0.25, 0.3) is 10.0 Å². The molecule has 0 radical (unpaired) electrons. The first kappa shape index (κ1) is 18.6. The van der Waals surface area contributed by atoms with E-state index in [0.29, 0.717) is 0 Å². The number of nitriles is 1. The zero-order valence-electron chi connectivity index (χ0n) is 11.7. The number of allylic oxidation sites excluding steroid dienone is 1. The molecule has 2 aromatic rings. The highest BCUT2D eigenvalue weighted by Gasteiger charge is 2.19. The van der Waals surface area contributed by atoms with Crippen molar-refractivity contribution in [3.63, 3.8) is 0 Å². The molecule has 9 heteroatoms. The summed E-state index contributed by atoms with van der Waals surface area (Å²) in [4.78, 5) is -0.605. The van der Waals surface area contributed by atoms with Crippen LogP contribution in [0.3, 0.4) is 0 Å². The largest absolute Gasteiger partial charge is 0.279 e. The number of anilines is 1. The molecular formula is C15H8Cl3FN2O2S. The van der Waals surface area contributed by atoms with Crippen LogP contribution in [-0.2, 0) is 10.0 Å². The van der Waals surface area contributed by atoms with Crippen LogP contribution < -0.4 is 4.72 Å². The first-order chi connectivity index (χ1) is 11.2. The van der Waals surface area contributed by atoms with Gasteiger partial charge in [0, 0.05) is 10.7 Å². The minimum atomic E-state index is -4.20. The average Bonchev–Trinajstić information content (AvgIpc) is 2.51. The van der Waals surface area contributed by atoms with Gasteiger partial charge >= 0.3 is 0 Å². The van der Waals surface area contributed by atoms with Gasteiger partial charge in [-0.15, -0.1) is 0 Å². The number of halogens is 4. The molecule has 0 unspecified atom stereocenters. The van der Waals surface area contributed by atoms with E-state index in [1.807, 2.05) is 0 Å². The molecule has 0 spiro atoms. The smallest absolute Gasteiger partial charge is 0.272 e. The van der Waals surface area contributed by atoms with Gasteiger partial charge in [-0.2, -0.15) is 5.26 Å². The molecule has 0 heterocycles. The van der Waals surface area contributed by atoms with E-state index in [1.165, 1.54) is 24.3 Å². The van der Waals surface area contributed by atoms with Gasteiger partial charge in [-0.25, -0.2) is 12.8 Å². The summed E-state index contributed by atoms with van der Waals surface area (Å²) in [5.74, 6) is -0.519. The van der Waals surface area contributed by atoms with E-state index in [0.717, 1.165) is 18.2 Å². The lowest BCUT2D eigenvalue weighted by atomic mass is 10.2. The quantitative estimate of drug-likeness (QED) is 0.569. The SMILES string of the molecule is N#C/C(=C\c1cc(Cl)cc(Cl)c1Cl)S(=O)(=O)Nc1ccc(F)cc1. The number of nitrogens with one attached hydrogen (secondary N) is 1. The molecule has 24 heavy (non-hydrogen) atoms. The van der Waals surface area contributed by atoms with Crippen molar-refractivity contribution < 1.29 is 12.8 Å². The van der Waals surface area contributed by atoms with Gasteiger partial charge in [0.15, 0.2) is 4.91 Å². The Morgan fingerprint density at radius 1 is 1.17 bits per heavy atom. The fraction of sp³-hybridized carbons (Fsp3) is 0. The van der Waals surface area contributed by atoms with Crippen LogP contribution in [0.4, 0.5) is 10.1 Å². The van der Waals surface area contributed by atoms with Crippen LogP contribution in [0.1, 0.15) is 5.56 Å². The fourth-order valence-electron chi connectivity index (χ4n) is 1.72. The van der Waals surface area contributed by atoms with Gasteiger partial charge in [-0.1, -0.05) is 34.8 Å².